The first-order valence-corrected chi connectivity index (χ1v) is 4.62. The minimum absolute atomic E-state index is 0.310. The molecular weight excluding hydrogens is 152 g/mol. The highest BCUT2D eigenvalue weighted by Gasteiger charge is 2.38. The molecule has 0 saturated heterocycles. The summed E-state index contributed by atoms with van der Waals surface area (Å²) >= 11 is 0. The van der Waals surface area contributed by atoms with Crippen LogP contribution in [0.2, 0.25) is 0 Å². The highest BCUT2D eigenvalue weighted by atomic mass is 16.3. The van der Waals surface area contributed by atoms with Crippen molar-refractivity contribution in [2.24, 2.45) is 11.8 Å². The van der Waals surface area contributed by atoms with Crippen molar-refractivity contribution in [1.29, 1.82) is 0 Å². The van der Waals surface area contributed by atoms with Gasteiger partial charge in [0.2, 0.25) is 0 Å². The first-order valence-electron chi connectivity index (χ1n) is 4.62. The van der Waals surface area contributed by atoms with Gasteiger partial charge in [-0.3, -0.25) is 0 Å². The van der Waals surface area contributed by atoms with Crippen LogP contribution in [0.25, 0.3) is 0 Å². The first kappa shape index (κ1) is 9.75. The Bertz CT molecular complexity index is 156. The van der Waals surface area contributed by atoms with Gasteiger partial charge < -0.3 is 10.2 Å². The fourth-order valence-electron chi connectivity index (χ4n) is 1.63. The van der Waals surface area contributed by atoms with E-state index in [9.17, 15) is 10.2 Å². The van der Waals surface area contributed by atoms with E-state index in [1.165, 1.54) is 0 Å². The standard InChI is InChI=1S/C10H18O2/c1-3-4-8(11)6-10(12)9-5-7(9)2/h3,7-12H,1,4-6H2,2H3/t7-,8+,9-,10-/m1/s1. The summed E-state index contributed by atoms with van der Waals surface area (Å²) in [5.74, 6) is 1.08. The Balaban J connectivity index is 2.16. The topological polar surface area (TPSA) is 40.5 Å². The molecule has 1 fully saturated rings. The smallest absolute Gasteiger partial charge is 0.0599 e. The molecule has 0 radical (unpaired) electrons. The Labute approximate surface area is 73.9 Å². The van der Waals surface area contributed by atoms with E-state index in [0.29, 0.717) is 24.7 Å². The molecule has 0 aliphatic heterocycles. The van der Waals surface area contributed by atoms with E-state index in [2.05, 4.69) is 13.5 Å². The predicted octanol–water partition coefficient (Wildman–Crippen LogP) is 1.33. The van der Waals surface area contributed by atoms with Crippen LogP contribution >= 0.6 is 0 Å². The van der Waals surface area contributed by atoms with Gasteiger partial charge in [-0.1, -0.05) is 13.0 Å². The van der Waals surface area contributed by atoms with Crippen LogP contribution in [-0.4, -0.2) is 22.4 Å². The van der Waals surface area contributed by atoms with E-state index in [-0.39, 0.29) is 6.10 Å². The molecule has 1 rings (SSSR count). The summed E-state index contributed by atoms with van der Waals surface area (Å²) in [7, 11) is 0. The summed E-state index contributed by atoms with van der Waals surface area (Å²) in [5.41, 5.74) is 0. The molecule has 4 atom stereocenters. The number of hydrogen-bond donors (Lipinski definition) is 2. The lowest BCUT2D eigenvalue weighted by Gasteiger charge is -2.13. The molecule has 0 aromatic carbocycles. The molecule has 2 N–H and O–H groups in total. The van der Waals surface area contributed by atoms with E-state index in [0.717, 1.165) is 6.42 Å². The number of hydrogen-bond acceptors (Lipinski definition) is 2. The molecule has 0 aromatic heterocycles. The number of aliphatic hydroxyl groups is 2. The van der Waals surface area contributed by atoms with E-state index in [4.69, 9.17) is 0 Å². The molecule has 1 saturated carbocycles. The van der Waals surface area contributed by atoms with Crippen molar-refractivity contribution in [3.63, 3.8) is 0 Å². The van der Waals surface area contributed by atoms with Crippen LogP contribution in [-0.2, 0) is 0 Å². The molecular formula is C10H18O2. The quantitative estimate of drug-likeness (QED) is 0.611. The van der Waals surface area contributed by atoms with Gasteiger partial charge in [-0.05, 0) is 31.1 Å². The molecule has 0 amide bonds. The van der Waals surface area contributed by atoms with Crippen molar-refractivity contribution in [2.75, 3.05) is 0 Å². The molecule has 0 unspecified atom stereocenters. The van der Waals surface area contributed by atoms with Crippen LogP contribution in [0.5, 0.6) is 0 Å². The monoisotopic (exact) mass is 170 g/mol. The highest BCUT2D eigenvalue weighted by Crippen LogP contribution is 2.41. The lowest BCUT2D eigenvalue weighted by molar-refractivity contribution is 0.0667. The van der Waals surface area contributed by atoms with E-state index < -0.39 is 6.10 Å². The van der Waals surface area contributed by atoms with Crippen LogP contribution < -0.4 is 0 Å². The zero-order valence-electron chi connectivity index (χ0n) is 7.61. The van der Waals surface area contributed by atoms with E-state index in [1.807, 2.05) is 0 Å². The van der Waals surface area contributed by atoms with Gasteiger partial charge in [0.1, 0.15) is 0 Å². The minimum Gasteiger partial charge on any atom is -0.393 e. The van der Waals surface area contributed by atoms with Crippen LogP contribution in [0, 0.1) is 11.8 Å². The van der Waals surface area contributed by atoms with Crippen LogP contribution in [0.15, 0.2) is 12.7 Å². The van der Waals surface area contributed by atoms with Gasteiger partial charge in [0.25, 0.3) is 0 Å². The van der Waals surface area contributed by atoms with Crippen molar-refractivity contribution >= 4 is 0 Å². The fourth-order valence-corrected chi connectivity index (χ4v) is 1.63. The van der Waals surface area contributed by atoms with Gasteiger partial charge in [0, 0.05) is 0 Å². The van der Waals surface area contributed by atoms with Gasteiger partial charge in [-0.15, -0.1) is 6.58 Å². The zero-order chi connectivity index (χ0) is 9.14. The van der Waals surface area contributed by atoms with E-state index in [1.54, 1.807) is 6.08 Å². The molecule has 1 aliphatic carbocycles. The lowest BCUT2D eigenvalue weighted by atomic mass is 10.0. The normalized spacial score (nSPS) is 32.6. The Morgan fingerprint density at radius 3 is 2.58 bits per heavy atom. The molecule has 0 heterocycles. The first-order chi connectivity index (χ1) is 5.65. The Morgan fingerprint density at radius 2 is 2.17 bits per heavy atom. The molecule has 1 aliphatic rings. The van der Waals surface area contributed by atoms with Crippen molar-refractivity contribution in [2.45, 2.75) is 38.4 Å². The third-order valence-corrected chi connectivity index (χ3v) is 2.62. The zero-order valence-corrected chi connectivity index (χ0v) is 7.61. The Hall–Kier alpha value is -0.340. The predicted molar refractivity (Wildman–Crippen MR) is 48.7 cm³/mol. The summed E-state index contributed by atoms with van der Waals surface area (Å²) in [4.78, 5) is 0. The van der Waals surface area contributed by atoms with Crippen molar-refractivity contribution in [3.05, 3.63) is 12.7 Å². The van der Waals surface area contributed by atoms with Gasteiger partial charge >= 0.3 is 0 Å². The minimum atomic E-state index is -0.412. The summed E-state index contributed by atoms with van der Waals surface area (Å²) < 4.78 is 0. The van der Waals surface area contributed by atoms with Crippen molar-refractivity contribution < 1.29 is 10.2 Å². The molecule has 2 nitrogen and oxygen atoms in total. The Kier molecular flexibility index (Phi) is 3.29. The average molecular weight is 170 g/mol. The second-order valence-electron chi connectivity index (χ2n) is 3.86. The third kappa shape index (κ3) is 2.61. The maximum atomic E-state index is 9.56. The third-order valence-electron chi connectivity index (χ3n) is 2.62. The molecule has 0 aromatic rings. The maximum Gasteiger partial charge on any atom is 0.0599 e. The fraction of sp³-hybridized carbons (Fsp3) is 0.800. The van der Waals surface area contributed by atoms with Gasteiger partial charge in [-0.25, -0.2) is 0 Å². The maximum absolute atomic E-state index is 9.56. The van der Waals surface area contributed by atoms with Gasteiger partial charge in [0.15, 0.2) is 0 Å². The highest BCUT2D eigenvalue weighted by molar-refractivity contribution is 4.89. The SMILES string of the molecule is C=CC[C@H](O)C[C@@H](O)[C@@H]1C[C@H]1C. The summed E-state index contributed by atoms with van der Waals surface area (Å²) in [6.45, 7) is 5.67. The molecule has 2 heteroatoms. The molecule has 12 heavy (non-hydrogen) atoms. The molecule has 0 bridgehead atoms. The number of rotatable bonds is 5. The van der Waals surface area contributed by atoms with Crippen LogP contribution in [0.1, 0.15) is 26.2 Å². The molecule has 70 valence electrons. The average Bonchev–Trinajstić information content (AvgIpc) is 2.67. The number of aliphatic hydroxyl groups excluding tert-OH is 2. The second-order valence-corrected chi connectivity index (χ2v) is 3.86. The molecule has 0 spiro atoms. The summed E-state index contributed by atoms with van der Waals surface area (Å²) in [5, 5.41) is 18.9. The Morgan fingerprint density at radius 1 is 1.58 bits per heavy atom. The van der Waals surface area contributed by atoms with E-state index >= 15 is 0 Å². The van der Waals surface area contributed by atoms with Crippen LogP contribution in [0.4, 0.5) is 0 Å². The van der Waals surface area contributed by atoms with Crippen LogP contribution in [0.3, 0.4) is 0 Å². The van der Waals surface area contributed by atoms with Gasteiger partial charge in [0.05, 0.1) is 12.2 Å². The largest absolute Gasteiger partial charge is 0.393 e. The summed E-state index contributed by atoms with van der Waals surface area (Å²) in [6.07, 6.45) is 3.16. The summed E-state index contributed by atoms with van der Waals surface area (Å²) in [6, 6.07) is 0. The van der Waals surface area contributed by atoms with Gasteiger partial charge in [-0.2, -0.15) is 0 Å². The second kappa shape index (κ2) is 4.06. The van der Waals surface area contributed by atoms with Crippen molar-refractivity contribution in [1.82, 2.24) is 0 Å². The lowest BCUT2D eigenvalue weighted by Crippen LogP contribution is -2.19. The van der Waals surface area contributed by atoms with Crippen molar-refractivity contribution in [3.8, 4) is 0 Å².